The van der Waals surface area contributed by atoms with Gasteiger partial charge in [0.25, 0.3) is 0 Å². The van der Waals surface area contributed by atoms with Gasteiger partial charge in [-0.15, -0.1) is 11.3 Å². The molecule has 2 aliphatic heterocycles. The number of hydrogen-bond acceptors (Lipinski definition) is 3. The predicted molar refractivity (Wildman–Crippen MR) is 270 cm³/mol. The lowest BCUT2D eigenvalue weighted by Gasteiger charge is -2.48. The van der Waals surface area contributed by atoms with Gasteiger partial charge in [0.1, 0.15) is 0 Å². The first-order valence-corrected chi connectivity index (χ1v) is 24.7. The maximum Gasteiger partial charge on any atom is 0.155 e. The third-order valence-electron chi connectivity index (χ3n) is 13.3. The van der Waals surface area contributed by atoms with E-state index in [0.717, 1.165) is 11.4 Å². The second kappa shape index (κ2) is 14.6. The maximum absolute atomic E-state index is 2.58. The highest BCUT2D eigenvalue weighted by molar-refractivity contribution is 7.99. The van der Waals surface area contributed by atoms with Crippen molar-refractivity contribution in [2.24, 2.45) is 0 Å². The van der Waals surface area contributed by atoms with Gasteiger partial charge in [-0.3, -0.25) is 0 Å². The average Bonchev–Trinajstić information content (AvgIpc) is 3.74. The van der Waals surface area contributed by atoms with Crippen LogP contribution in [0.2, 0.25) is 0 Å². The minimum atomic E-state index is -1.49. The Morgan fingerprint density at radius 2 is 1.02 bits per heavy atom. The molecule has 10 aromatic carbocycles. The first-order valence-electron chi connectivity index (χ1n) is 21.6. The van der Waals surface area contributed by atoms with E-state index in [-0.39, 0.29) is 0 Å². The molecule has 0 fully saturated rings. The Kier molecular flexibility index (Phi) is 8.48. The molecule has 13 rings (SSSR count). The summed E-state index contributed by atoms with van der Waals surface area (Å²) in [6, 6.07) is 86.8. The highest BCUT2D eigenvalue weighted by Crippen LogP contribution is 2.56. The number of fused-ring (bicyclic) bond motifs is 12. The van der Waals surface area contributed by atoms with Gasteiger partial charge in [-0.2, -0.15) is 0 Å². The lowest BCUT2D eigenvalue weighted by Crippen LogP contribution is -2.62. The molecule has 11 aromatic rings. The minimum Gasteiger partial charge on any atom is -0.309 e. The SMILES string of the molecule is c1ccc([Si]2c3ccccc3C3(c4ccccc4Sc4ccccc43)c3ccc(N(c4ccc(-c5cccc6ccccc56)cc4)c4cccc5c4sc4ccccc45)cc32)cc1. The minimum absolute atomic E-state index is 0.484. The van der Waals surface area contributed by atoms with Crippen LogP contribution in [0.15, 0.2) is 240 Å². The zero-order chi connectivity index (χ0) is 41.5. The number of benzene rings is 10. The van der Waals surface area contributed by atoms with Gasteiger partial charge in [0.15, 0.2) is 8.80 Å². The van der Waals surface area contributed by atoms with Crippen molar-refractivity contribution in [1.29, 1.82) is 0 Å². The van der Waals surface area contributed by atoms with Gasteiger partial charge < -0.3 is 4.90 Å². The quantitative estimate of drug-likeness (QED) is 0.159. The molecule has 63 heavy (non-hydrogen) atoms. The van der Waals surface area contributed by atoms with Crippen molar-refractivity contribution >= 4 is 95.5 Å². The first kappa shape index (κ1) is 36.7. The van der Waals surface area contributed by atoms with Gasteiger partial charge in [-0.05, 0) is 103 Å². The van der Waals surface area contributed by atoms with Crippen LogP contribution in [0.1, 0.15) is 22.3 Å². The highest BCUT2D eigenvalue weighted by Gasteiger charge is 2.51. The molecule has 4 heteroatoms. The third-order valence-corrected chi connectivity index (χ3v) is 18.4. The number of thiophene rings is 1. The molecule has 0 bridgehead atoms. The van der Waals surface area contributed by atoms with Gasteiger partial charge in [0, 0.05) is 36.6 Å². The van der Waals surface area contributed by atoms with Crippen molar-refractivity contribution in [3.05, 3.63) is 253 Å². The topological polar surface area (TPSA) is 3.24 Å². The molecule has 0 amide bonds. The summed E-state index contributed by atoms with van der Waals surface area (Å²) < 4.78 is 2.59. The summed E-state index contributed by atoms with van der Waals surface area (Å²) in [6.45, 7) is 0. The van der Waals surface area contributed by atoms with Crippen LogP contribution in [0.25, 0.3) is 42.1 Å². The normalized spacial score (nSPS) is 13.7. The Balaban J connectivity index is 1.09. The summed E-state index contributed by atoms with van der Waals surface area (Å²) in [7, 11) is -1.49. The Morgan fingerprint density at radius 3 is 1.83 bits per heavy atom. The molecular weight excluding hydrogens is 815 g/mol. The van der Waals surface area contributed by atoms with Gasteiger partial charge in [0.2, 0.25) is 0 Å². The Hall–Kier alpha value is -6.95. The van der Waals surface area contributed by atoms with Crippen molar-refractivity contribution in [2.75, 3.05) is 4.90 Å². The predicted octanol–water partition coefficient (Wildman–Crippen LogP) is 14.0. The fourth-order valence-corrected chi connectivity index (χ4v) is 16.1. The van der Waals surface area contributed by atoms with E-state index in [2.05, 4.69) is 235 Å². The molecule has 0 aliphatic carbocycles. The number of rotatable bonds is 5. The van der Waals surface area contributed by atoms with Gasteiger partial charge in [-0.25, -0.2) is 0 Å². The molecule has 2 aliphatic rings. The van der Waals surface area contributed by atoms with E-state index in [4.69, 9.17) is 0 Å². The Labute approximate surface area is 377 Å². The van der Waals surface area contributed by atoms with Gasteiger partial charge in [-0.1, -0.05) is 199 Å². The maximum atomic E-state index is 2.58. The van der Waals surface area contributed by atoms with Crippen LogP contribution in [0.5, 0.6) is 0 Å². The Morgan fingerprint density at radius 1 is 0.413 bits per heavy atom. The zero-order valence-electron chi connectivity index (χ0n) is 34.2. The van der Waals surface area contributed by atoms with Crippen molar-refractivity contribution < 1.29 is 0 Å². The van der Waals surface area contributed by atoms with E-state index in [9.17, 15) is 0 Å². The lowest BCUT2D eigenvalue weighted by molar-refractivity contribution is 0.708. The second-order valence-electron chi connectivity index (χ2n) is 16.5. The fraction of sp³-hybridized carbons (Fsp3) is 0.0169. The van der Waals surface area contributed by atoms with E-state index in [1.807, 2.05) is 23.1 Å². The molecule has 0 saturated heterocycles. The average molecular weight is 853 g/mol. The molecule has 1 aromatic heterocycles. The molecule has 3 heterocycles. The molecule has 295 valence electrons. The van der Waals surface area contributed by atoms with Crippen LogP contribution < -0.4 is 20.5 Å². The van der Waals surface area contributed by atoms with Gasteiger partial charge in [0.05, 0.1) is 15.8 Å². The third kappa shape index (κ3) is 5.55. The highest BCUT2D eigenvalue weighted by atomic mass is 32.2. The molecule has 0 unspecified atom stereocenters. The van der Waals surface area contributed by atoms with Gasteiger partial charge >= 0.3 is 0 Å². The van der Waals surface area contributed by atoms with Crippen molar-refractivity contribution in [2.45, 2.75) is 15.2 Å². The monoisotopic (exact) mass is 852 g/mol. The van der Waals surface area contributed by atoms with Crippen molar-refractivity contribution in [3.8, 4) is 11.1 Å². The number of nitrogens with zero attached hydrogens (tertiary/aromatic N) is 1. The summed E-state index contributed by atoms with van der Waals surface area (Å²) in [6.07, 6.45) is 0. The molecule has 0 N–H and O–H groups in total. The summed E-state index contributed by atoms with van der Waals surface area (Å²) in [5.41, 5.74) is 11.0. The smallest absolute Gasteiger partial charge is 0.155 e. The van der Waals surface area contributed by atoms with Crippen molar-refractivity contribution in [1.82, 2.24) is 0 Å². The fourth-order valence-electron chi connectivity index (χ4n) is 10.6. The zero-order valence-corrected chi connectivity index (χ0v) is 36.8. The van der Waals surface area contributed by atoms with E-state index in [0.29, 0.717) is 0 Å². The molecule has 1 radical (unpaired) electrons. The summed E-state index contributed by atoms with van der Waals surface area (Å²) in [5, 5.41) is 9.39. The number of hydrogen-bond donors (Lipinski definition) is 0. The molecule has 1 nitrogen and oxygen atoms in total. The lowest BCUT2D eigenvalue weighted by atomic mass is 9.64. The van der Waals surface area contributed by atoms with Crippen LogP contribution >= 0.6 is 23.1 Å². The molecule has 1 spiro atoms. The van der Waals surface area contributed by atoms with Crippen LogP contribution in [-0.2, 0) is 5.41 Å². The number of anilines is 3. The summed E-state index contributed by atoms with van der Waals surface area (Å²) in [4.78, 5) is 5.17. The Bertz CT molecular complexity index is 3520. The van der Waals surface area contributed by atoms with Crippen molar-refractivity contribution in [3.63, 3.8) is 0 Å². The van der Waals surface area contributed by atoms with E-state index in [1.165, 1.54) is 95.4 Å². The van der Waals surface area contributed by atoms with Crippen LogP contribution in [-0.4, -0.2) is 8.80 Å². The van der Waals surface area contributed by atoms with E-state index >= 15 is 0 Å². The summed E-state index contributed by atoms with van der Waals surface area (Å²) >= 11 is 3.79. The van der Waals surface area contributed by atoms with Crippen LogP contribution in [0.3, 0.4) is 0 Å². The van der Waals surface area contributed by atoms with Crippen LogP contribution in [0, 0.1) is 0 Å². The van der Waals surface area contributed by atoms with Crippen LogP contribution in [0.4, 0.5) is 17.1 Å². The largest absolute Gasteiger partial charge is 0.309 e. The van der Waals surface area contributed by atoms with E-state index in [1.54, 1.807) is 0 Å². The molecule has 0 saturated carbocycles. The summed E-state index contributed by atoms with van der Waals surface area (Å²) in [5.74, 6) is 0. The first-order chi connectivity index (χ1) is 31.3. The molecular formula is C59H38NS2Si. The standard InChI is InChI=1S/C59H38NS2Si/c1-2-18-43(19-3-1)63-56-31-13-9-26-50(56)59(48-24-7-11-29-54(48)61-55-30-12-8-25-49(55)59)51-37-36-42(38-57(51)63)60(52-27-15-23-47-46-21-6-10-28-53(46)62-58(47)52)41-34-32-40(33-35-41)45-22-14-17-39-16-4-5-20-44(39)45/h1-38H. The molecule has 0 atom stereocenters. The second-order valence-corrected chi connectivity index (χ2v) is 21.1. The van der Waals surface area contributed by atoms with E-state index < -0.39 is 14.2 Å².